The van der Waals surface area contributed by atoms with Crippen LogP contribution < -0.4 is 0 Å². The molecule has 0 bridgehead atoms. The molecule has 1 saturated carbocycles. The molecule has 2 aliphatic heterocycles. The summed E-state index contributed by atoms with van der Waals surface area (Å²) in [6.07, 6.45) is 4.03. The summed E-state index contributed by atoms with van der Waals surface area (Å²) in [5.74, 6) is 0.305. The van der Waals surface area contributed by atoms with Gasteiger partial charge in [0.1, 0.15) is 0 Å². The fourth-order valence-electron chi connectivity index (χ4n) is 2.62. The lowest BCUT2D eigenvalue weighted by atomic mass is 10.0. The number of hydrogen-bond donors (Lipinski definition) is 0. The van der Waals surface area contributed by atoms with E-state index in [-0.39, 0.29) is 11.9 Å². The van der Waals surface area contributed by atoms with Gasteiger partial charge in [0.15, 0.2) is 5.79 Å². The summed E-state index contributed by atoms with van der Waals surface area (Å²) in [5.41, 5.74) is 0. The fraction of sp³-hybridized carbons (Fsp3) is 0.917. The van der Waals surface area contributed by atoms with Gasteiger partial charge in [-0.15, -0.1) is 0 Å². The molecular weight excluding hydrogens is 206 g/mol. The molecule has 1 atom stereocenters. The van der Waals surface area contributed by atoms with Crippen molar-refractivity contribution in [2.24, 2.45) is 5.92 Å². The summed E-state index contributed by atoms with van der Waals surface area (Å²) in [6, 6.07) is 0. The van der Waals surface area contributed by atoms with Crippen molar-refractivity contribution in [2.45, 2.75) is 44.5 Å². The third-order valence-electron chi connectivity index (χ3n) is 3.76. The molecule has 1 spiro atoms. The van der Waals surface area contributed by atoms with E-state index >= 15 is 0 Å². The molecule has 90 valence electrons. The van der Waals surface area contributed by atoms with Gasteiger partial charge in [-0.1, -0.05) is 0 Å². The van der Waals surface area contributed by atoms with Gasteiger partial charge in [0, 0.05) is 31.8 Å². The van der Waals surface area contributed by atoms with Crippen LogP contribution in [0.1, 0.15) is 32.6 Å². The monoisotopic (exact) mass is 225 g/mol. The normalized spacial score (nSPS) is 33.3. The average Bonchev–Trinajstić information content (AvgIpc) is 3.06. The maximum absolute atomic E-state index is 11.9. The Morgan fingerprint density at radius 3 is 2.50 bits per heavy atom. The van der Waals surface area contributed by atoms with Gasteiger partial charge in [-0.25, -0.2) is 0 Å². The highest BCUT2D eigenvalue weighted by Crippen LogP contribution is 2.36. The van der Waals surface area contributed by atoms with Gasteiger partial charge in [0.25, 0.3) is 0 Å². The zero-order chi connectivity index (χ0) is 11.2. The molecule has 4 nitrogen and oxygen atoms in total. The highest BCUT2D eigenvalue weighted by molar-refractivity contribution is 5.81. The van der Waals surface area contributed by atoms with Crippen molar-refractivity contribution in [3.63, 3.8) is 0 Å². The van der Waals surface area contributed by atoms with Gasteiger partial charge in [0.05, 0.1) is 12.7 Å². The first-order chi connectivity index (χ1) is 7.69. The van der Waals surface area contributed by atoms with Crippen LogP contribution in [0.4, 0.5) is 0 Å². The lowest BCUT2D eigenvalue weighted by molar-refractivity contribution is -0.195. The topological polar surface area (TPSA) is 38.8 Å². The number of carbonyl (C=O) groups is 1. The van der Waals surface area contributed by atoms with Crippen LogP contribution in [0.3, 0.4) is 0 Å². The molecule has 1 unspecified atom stereocenters. The second-order valence-corrected chi connectivity index (χ2v) is 5.25. The number of carbonyl (C=O) groups excluding carboxylic acids is 1. The van der Waals surface area contributed by atoms with Crippen molar-refractivity contribution in [3.05, 3.63) is 0 Å². The zero-order valence-corrected chi connectivity index (χ0v) is 9.78. The molecule has 0 aromatic rings. The second-order valence-electron chi connectivity index (χ2n) is 5.25. The van der Waals surface area contributed by atoms with Crippen LogP contribution in [0.15, 0.2) is 0 Å². The number of likely N-dealkylation sites (tertiary alicyclic amines) is 1. The van der Waals surface area contributed by atoms with E-state index in [1.54, 1.807) is 0 Å². The third kappa shape index (κ3) is 1.84. The molecule has 2 saturated heterocycles. The van der Waals surface area contributed by atoms with E-state index in [1.165, 1.54) is 0 Å². The standard InChI is InChI=1S/C12H19NO3/c1-9-8-15-12(16-9)4-6-13(7-5-12)11(14)10-2-3-10/h9-10H,2-8H2,1H3. The number of nitrogens with zero attached hydrogens (tertiary/aromatic N) is 1. The molecule has 1 aliphatic carbocycles. The Hall–Kier alpha value is -0.610. The van der Waals surface area contributed by atoms with E-state index in [2.05, 4.69) is 0 Å². The van der Waals surface area contributed by atoms with Gasteiger partial charge < -0.3 is 14.4 Å². The van der Waals surface area contributed by atoms with Crippen molar-refractivity contribution < 1.29 is 14.3 Å². The SMILES string of the molecule is CC1COC2(CCN(C(=O)C3CC3)CC2)O1. The van der Waals surface area contributed by atoms with Crippen molar-refractivity contribution in [2.75, 3.05) is 19.7 Å². The minimum absolute atomic E-state index is 0.200. The molecule has 4 heteroatoms. The third-order valence-corrected chi connectivity index (χ3v) is 3.76. The maximum Gasteiger partial charge on any atom is 0.225 e. The first kappa shape index (κ1) is 10.5. The summed E-state index contributed by atoms with van der Waals surface area (Å²) in [7, 11) is 0. The van der Waals surface area contributed by atoms with E-state index < -0.39 is 0 Å². The lowest BCUT2D eigenvalue weighted by Gasteiger charge is -2.38. The molecule has 3 rings (SSSR count). The van der Waals surface area contributed by atoms with Crippen molar-refractivity contribution >= 4 is 5.91 Å². The van der Waals surface area contributed by atoms with Crippen LogP contribution in [0.5, 0.6) is 0 Å². The summed E-state index contributed by atoms with van der Waals surface area (Å²) >= 11 is 0. The van der Waals surface area contributed by atoms with Gasteiger partial charge in [-0.05, 0) is 19.8 Å². The smallest absolute Gasteiger partial charge is 0.225 e. The quantitative estimate of drug-likeness (QED) is 0.672. The zero-order valence-electron chi connectivity index (χ0n) is 9.78. The minimum atomic E-state index is -0.375. The van der Waals surface area contributed by atoms with Gasteiger partial charge >= 0.3 is 0 Å². The van der Waals surface area contributed by atoms with E-state index in [4.69, 9.17) is 9.47 Å². The van der Waals surface area contributed by atoms with Gasteiger partial charge in [-0.3, -0.25) is 4.79 Å². The molecule has 2 heterocycles. The van der Waals surface area contributed by atoms with Crippen LogP contribution >= 0.6 is 0 Å². The largest absolute Gasteiger partial charge is 0.347 e. The molecule has 0 N–H and O–H groups in total. The van der Waals surface area contributed by atoms with Crippen molar-refractivity contribution in [1.29, 1.82) is 0 Å². The predicted molar refractivity (Wildman–Crippen MR) is 57.8 cm³/mol. The lowest BCUT2D eigenvalue weighted by Crippen LogP contribution is -2.47. The van der Waals surface area contributed by atoms with Gasteiger partial charge in [0.2, 0.25) is 5.91 Å². The Kier molecular flexibility index (Phi) is 2.44. The summed E-state index contributed by atoms with van der Waals surface area (Å²) in [4.78, 5) is 13.9. The molecule has 16 heavy (non-hydrogen) atoms. The van der Waals surface area contributed by atoms with Crippen LogP contribution in [0.25, 0.3) is 0 Å². The van der Waals surface area contributed by atoms with Crippen LogP contribution in [0.2, 0.25) is 0 Å². The number of hydrogen-bond acceptors (Lipinski definition) is 3. The summed E-state index contributed by atoms with van der Waals surface area (Å²) < 4.78 is 11.6. The van der Waals surface area contributed by atoms with E-state index in [1.807, 2.05) is 11.8 Å². The fourth-order valence-corrected chi connectivity index (χ4v) is 2.62. The van der Waals surface area contributed by atoms with E-state index in [0.717, 1.165) is 38.8 Å². The molecule has 3 aliphatic rings. The minimum Gasteiger partial charge on any atom is -0.347 e. The summed E-state index contributed by atoms with van der Waals surface area (Å²) in [5, 5.41) is 0. The maximum atomic E-state index is 11.9. The van der Waals surface area contributed by atoms with E-state index in [9.17, 15) is 4.79 Å². The number of piperidine rings is 1. The molecule has 3 fully saturated rings. The number of ether oxygens (including phenoxy) is 2. The van der Waals surface area contributed by atoms with Crippen molar-refractivity contribution in [3.8, 4) is 0 Å². The molecule has 1 amide bonds. The van der Waals surface area contributed by atoms with Crippen LogP contribution in [-0.2, 0) is 14.3 Å². The number of rotatable bonds is 1. The second kappa shape index (κ2) is 3.70. The Morgan fingerprint density at radius 2 is 2.00 bits per heavy atom. The Labute approximate surface area is 95.9 Å². The Bertz CT molecular complexity index is 293. The molecule has 0 aromatic carbocycles. The first-order valence-electron chi connectivity index (χ1n) is 6.29. The van der Waals surface area contributed by atoms with Gasteiger partial charge in [-0.2, -0.15) is 0 Å². The number of amides is 1. The highest BCUT2D eigenvalue weighted by atomic mass is 16.7. The Balaban J connectivity index is 1.57. The summed E-state index contributed by atoms with van der Waals surface area (Å²) in [6.45, 7) is 4.32. The van der Waals surface area contributed by atoms with E-state index in [0.29, 0.717) is 18.4 Å². The molecule has 0 aromatic heterocycles. The molecular formula is C12H19NO3. The average molecular weight is 225 g/mol. The van der Waals surface area contributed by atoms with Crippen molar-refractivity contribution in [1.82, 2.24) is 4.90 Å². The highest BCUT2D eigenvalue weighted by Gasteiger charge is 2.44. The Morgan fingerprint density at radius 1 is 1.31 bits per heavy atom. The van der Waals surface area contributed by atoms with Crippen LogP contribution in [-0.4, -0.2) is 42.4 Å². The first-order valence-corrected chi connectivity index (χ1v) is 6.29. The molecule has 0 radical (unpaired) electrons. The van der Waals surface area contributed by atoms with Crippen LogP contribution in [0, 0.1) is 5.92 Å². The predicted octanol–water partition coefficient (Wildman–Crippen LogP) is 1.15.